The molecule has 0 amide bonds. The molecular weight excluding hydrogens is 635 g/mol. The molecule has 0 saturated heterocycles. The van der Waals surface area contributed by atoms with E-state index in [0.29, 0.717) is 11.8 Å². The minimum absolute atomic E-state index is 0. The summed E-state index contributed by atoms with van der Waals surface area (Å²) in [6.07, 6.45) is 20.7. The molecule has 2 heterocycles. The predicted molar refractivity (Wildman–Crippen MR) is 168 cm³/mol. The van der Waals surface area contributed by atoms with Gasteiger partial charge in [0.25, 0.3) is 0 Å². The third-order valence-electron chi connectivity index (χ3n) is 7.29. The summed E-state index contributed by atoms with van der Waals surface area (Å²) in [5.41, 5.74) is 10.7. The van der Waals surface area contributed by atoms with Crippen LogP contribution in [0.5, 0.6) is 0 Å². The Morgan fingerprint density at radius 1 is 0.619 bits per heavy atom. The Morgan fingerprint density at radius 3 is 1.24 bits per heavy atom. The van der Waals surface area contributed by atoms with Crippen LogP contribution in [0.3, 0.4) is 0 Å². The molecule has 6 rings (SSSR count). The van der Waals surface area contributed by atoms with Gasteiger partial charge in [-0.25, -0.2) is 11.1 Å². The Morgan fingerprint density at radius 2 is 0.952 bits per heavy atom. The van der Waals surface area contributed by atoms with Crippen molar-refractivity contribution in [3.63, 3.8) is 0 Å². The van der Waals surface area contributed by atoms with Gasteiger partial charge in [0, 0.05) is 22.8 Å². The quantitative estimate of drug-likeness (QED) is 0.432. The van der Waals surface area contributed by atoms with Crippen LogP contribution in [0.2, 0.25) is 0 Å². The molecule has 2 aliphatic heterocycles. The maximum atomic E-state index is 3.57. The van der Waals surface area contributed by atoms with Crippen LogP contribution in [0.4, 0.5) is 11.4 Å². The molecule has 0 aromatic heterocycles. The van der Waals surface area contributed by atoms with Gasteiger partial charge < -0.3 is 34.6 Å². The molecule has 0 saturated carbocycles. The number of allylic oxidation sites excluding steroid dienone is 8. The SMILES string of the molecule is CCC1=[C-]C2C=C(CC)N(c3ccccc3)C2=C1.CCC1=[C-]C2C=C(CC)N(c3ccccc3)C2=C1.C[C](C)=[Zr+2].[Cl-].[Cl-]. The van der Waals surface area contributed by atoms with Crippen LogP contribution in [0.25, 0.3) is 0 Å². The van der Waals surface area contributed by atoms with Crippen LogP contribution < -0.4 is 34.6 Å². The van der Waals surface area contributed by atoms with Crippen LogP contribution in [-0.4, -0.2) is 3.21 Å². The van der Waals surface area contributed by atoms with Gasteiger partial charge in [-0.3, -0.25) is 12.2 Å². The topological polar surface area (TPSA) is 6.48 Å². The normalized spacial score (nSPS) is 19.1. The molecule has 2 aromatic carbocycles. The third kappa shape index (κ3) is 8.46. The molecule has 42 heavy (non-hydrogen) atoms. The van der Waals surface area contributed by atoms with Crippen molar-refractivity contribution < 1.29 is 49.0 Å². The van der Waals surface area contributed by atoms with Crippen molar-refractivity contribution in [2.24, 2.45) is 11.8 Å². The van der Waals surface area contributed by atoms with Crippen molar-refractivity contribution in [3.05, 3.63) is 131 Å². The molecule has 5 heteroatoms. The van der Waals surface area contributed by atoms with Crippen LogP contribution in [0.1, 0.15) is 67.2 Å². The first kappa shape index (κ1) is 36.0. The number of rotatable bonds is 6. The number of anilines is 2. The Bertz CT molecular complexity index is 1280. The van der Waals surface area contributed by atoms with Crippen molar-refractivity contribution in [2.45, 2.75) is 67.2 Å². The summed E-state index contributed by atoms with van der Waals surface area (Å²) in [7, 11) is 0. The van der Waals surface area contributed by atoms with Gasteiger partial charge in [-0.1, -0.05) is 112 Å². The maximum Gasteiger partial charge on any atom is -1.00 e. The zero-order valence-corrected chi connectivity index (χ0v) is 29.7. The first-order valence-corrected chi connectivity index (χ1v) is 15.9. The fraction of sp³-hybridized carbons (Fsp3) is 0.324. The number of halogens is 2. The van der Waals surface area contributed by atoms with E-state index < -0.39 is 0 Å². The Balaban J connectivity index is 0.000000250. The van der Waals surface area contributed by atoms with E-state index in [-0.39, 0.29) is 24.8 Å². The minimum Gasteiger partial charge on any atom is -1.00 e. The molecule has 0 fully saturated rings. The van der Waals surface area contributed by atoms with Gasteiger partial charge in [-0.15, -0.1) is 0 Å². The number of para-hydroxylation sites is 2. The second kappa shape index (κ2) is 17.2. The summed E-state index contributed by atoms with van der Waals surface area (Å²) in [5.74, 6) is 0.741. The predicted octanol–water partition coefficient (Wildman–Crippen LogP) is 3.66. The first-order valence-electron chi connectivity index (χ1n) is 14.7. The summed E-state index contributed by atoms with van der Waals surface area (Å²) in [4.78, 5) is 4.78. The zero-order valence-electron chi connectivity index (χ0n) is 25.7. The molecule has 0 spiro atoms. The van der Waals surface area contributed by atoms with Crippen molar-refractivity contribution in [1.82, 2.24) is 0 Å². The van der Waals surface area contributed by atoms with E-state index in [0.717, 1.165) is 25.7 Å². The zero-order chi connectivity index (χ0) is 28.6. The molecule has 0 bridgehead atoms. The molecule has 2 nitrogen and oxygen atoms in total. The van der Waals surface area contributed by atoms with E-state index in [2.05, 4.69) is 148 Å². The van der Waals surface area contributed by atoms with Crippen LogP contribution in [0, 0.1) is 24.0 Å². The number of nitrogens with zero attached hydrogens (tertiary/aromatic N) is 2. The van der Waals surface area contributed by atoms with Crippen molar-refractivity contribution in [1.29, 1.82) is 0 Å². The van der Waals surface area contributed by atoms with Crippen LogP contribution in [0.15, 0.2) is 119 Å². The van der Waals surface area contributed by atoms with Gasteiger partial charge >= 0.3 is 41.3 Å². The van der Waals surface area contributed by atoms with E-state index in [1.165, 1.54) is 48.5 Å². The Labute approximate surface area is 281 Å². The van der Waals surface area contributed by atoms with Crippen molar-refractivity contribution >= 4 is 14.6 Å². The van der Waals surface area contributed by atoms with Gasteiger partial charge in [0.2, 0.25) is 0 Å². The number of hydrogen-bond acceptors (Lipinski definition) is 2. The summed E-state index contributed by atoms with van der Waals surface area (Å²) in [6, 6.07) is 21.2. The molecular formula is C37H42Cl2N2Zr-2. The van der Waals surface area contributed by atoms with Crippen LogP contribution >= 0.6 is 0 Å². The second-order valence-corrected chi connectivity index (χ2v) is 13.0. The monoisotopic (exact) mass is 674 g/mol. The Kier molecular flexibility index (Phi) is 14.7. The maximum absolute atomic E-state index is 3.57. The molecule has 0 radical (unpaired) electrons. The average Bonchev–Trinajstić information content (AvgIpc) is 3.72. The van der Waals surface area contributed by atoms with Crippen LogP contribution in [-0.2, 0) is 24.2 Å². The molecule has 2 aromatic rings. The van der Waals surface area contributed by atoms with Gasteiger partial charge in [0.1, 0.15) is 0 Å². The summed E-state index contributed by atoms with van der Waals surface area (Å²) in [5, 5.41) is 0. The average molecular weight is 677 g/mol. The molecule has 220 valence electrons. The smallest absolute Gasteiger partial charge is 1.00 e. The largest absolute Gasteiger partial charge is 1.00 e. The standard InChI is InChI=1S/2C17H18N.C3H6.2ClH.Zr/c2*1-3-13-10-14-12-15(4-2)18(17(14)11-13)16-8-6-5-7-9-16;1-3-2;;;/h2*5-9,11-12,14H,3-4H2,1-2H3;1-2H3;2*1H;/q2*-1;;;;+2/p-2. The summed E-state index contributed by atoms with van der Waals surface area (Å²) < 4.78 is 1.51. The van der Waals surface area contributed by atoms with Crippen molar-refractivity contribution in [3.8, 4) is 0 Å². The van der Waals surface area contributed by atoms with E-state index in [1.54, 1.807) is 24.2 Å². The summed E-state index contributed by atoms with van der Waals surface area (Å²) >= 11 is 1.55. The van der Waals surface area contributed by atoms with Crippen molar-refractivity contribution in [2.75, 3.05) is 9.80 Å². The van der Waals surface area contributed by atoms with E-state index in [9.17, 15) is 0 Å². The van der Waals surface area contributed by atoms with Gasteiger partial charge in [-0.2, -0.15) is 12.2 Å². The van der Waals surface area contributed by atoms with E-state index >= 15 is 0 Å². The summed E-state index contributed by atoms with van der Waals surface area (Å²) in [6.45, 7) is 13.1. The third-order valence-corrected chi connectivity index (χ3v) is 7.29. The fourth-order valence-corrected chi connectivity index (χ4v) is 5.44. The number of benzene rings is 2. The van der Waals surface area contributed by atoms with Gasteiger partial charge in [0.05, 0.1) is 0 Å². The molecule has 4 aliphatic rings. The van der Waals surface area contributed by atoms with Gasteiger partial charge in [0.15, 0.2) is 0 Å². The Hall–Kier alpha value is -2.19. The molecule has 2 atom stereocenters. The van der Waals surface area contributed by atoms with E-state index in [1.807, 2.05) is 0 Å². The molecule has 0 N–H and O–H groups in total. The second-order valence-electron chi connectivity index (χ2n) is 10.5. The minimum atomic E-state index is 0. The number of fused-ring (bicyclic) bond motifs is 2. The fourth-order valence-electron chi connectivity index (χ4n) is 5.44. The number of hydrogen-bond donors (Lipinski definition) is 0. The first-order chi connectivity index (χ1) is 19.4. The molecule has 2 aliphatic carbocycles. The molecule has 2 unspecified atom stereocenters. The van der Waals surface area contributed by atoms with E-state index in [4.69, 9.17) is 0 Å². The van der Waals surface area contributed by atoms with Gasteiger partial charge in [-0.05, 0) is 37.1 Å².